The van der Waals surface area contributed by atoms with Crippen molar-refractivity contribution in [3.63, 3.8) is 0 Å². The van der Waals surface area contributed by atoms with Gasteiger partial charge in [0.25, 0.3) is 5.91 Å². The fraction of sp³-hybridized carbons (Fsp3) is 0.667. The second-order valence-electron chi connectivity index (χ2n) is 8.18. The van der Waals surface area contributed by atoms with Crippen molar-refractivity contribution < 1.29 is 19.1 Å². The molecule has 2 N–H and O–H groups in total. The van der Waals surface area contributed by atoms with Crippen molar-refractivity contribution in [2.75, 3.05) is 5.32 Å². The first-order valence-corrected chi connectivity index (χ1v) is 11.0. The molecule has 2 saturated carbocycles. The smallest absolute Gasteiger partial charge is 0.342 e. The van der Waals surface area contributed by atoms with Gasteiger partial charge in [0.05, 0.1) is 5.56 Å². The summed E-state index contributed by atoms with van der Waals surface area (Å²) in [6, 6.07) is 0.140. The maximum absolute atomic E-state index is 12.8. The van der Waals surface area contributed by atoms with Crippen LogP contribution in [0, 0.1) is 25.7 Å². The van der Waals surface area contributed by atoms with Crippen LogP contribution in [0.5, 0.6) is 0 Å². The highest BCUT2D eigenvalue weighted by molar-refractivity contribution is 7.16. The first-order valence-electron chi connectivity index (χ1n) is 10.2. The lowest BCUT2D eigenvalue weighted by atomic mass is 9.86. The monoisotopic (exact) mass is 406 g/mol. The molecule has 1 aromatic rings. The average Bonchev–Trinajstić information content (AvgIpc) is 3.44. The summed E-state index contributed by atoms with van der Waals surface area (Å²) in [5, 5.41) is 6.42. The molecule has 0 saturated heterocycles. The molecule has 154 valence electrons. The molecule has 2 aliphatic rings. The van der Waals surface area contributed by atoms with Gasteiger partial charge in [0.2, 0.25) is 5.91 Å². The van der Waals surface area contributed by atoms with Crippen LogP contribution in [-0.4, -0.2) is 29.9 Å². The van der Waals surface area contributed by atoms with E-state index in [2.05, 4.69) is 17.6 Å². The Kier molecular flexibility index (Phi) is 6.43. The number of nitrogens with one attached hydrogen (secondary N) is 2. The summed E-state index contributed by atoms with van der Waals surface area (Å²) in [6.45, 7) is 7.48. The normalized spacial score (nSPS) is 23.0. The molecule has 2 aliphatic carbocycles. The predicted octanol–water partition coefficient (Wildman–Crippen LogP) is 3.95. The van der Waals surface area contributed by atoms with E-state index in [1.807, 2.05) is 13.8 Å². The van der Waals surface area contributed by atoms with Gasteiger partial charge in [-0.25, -0.2) is 4.79 Å². The molecule has 28 heavy (non-hydrogen) atoms. The van der Waals surface area contributed by atoms with Crippen LogP contribution in [-0.2, 0) is 14.3 Å². The number of hydrogen-bond donors (Lipinski definition) is 2. The van der Waals surface area contributed by atoms with Crippen molar-refractivity contribution in [3.05, 3.63) is 16.0 Å². The Morgan fingerprint density at radius 2 is 1.79 bits per heavy atom. The van der Waals surface area contributed by atoms with Crippen LogP contribution in [0.4, 0.5) is 5.00 Å². The van der Waals surface area contributed by atoms with E-state index >= 15 is 0 Å². The highest BCUT2D eigenvalue weighted by Gasteiger charge is 2.33. The molecule has 3 atom stereocenters. The summed E-state index contributed by atoms with van der Waals surface area (Å²) < 4.78 is 5.47. The number of anilines is 1. The molecule has 0 spiro atoms. The van der Waals surface area contributed by atoms with Gasteiger partial charge in [-0.3, -0.25) is 9.59 Å². The summed E-state index contributed by atoms with van der Waals surface area (Å²) >= 11 is 1.37. The zero-order chi connectivity index (χ0) is 20.4. The summed E-state index contributed by atoms with van der Waals surface area (Å²) in [7, 11) is 0. The second kappa shape index (κ2) is 8.64. The van der Waals surface area contributed by atoms with Crippen molar-refractivity contribution >= 4 is 34.1 Å². The molecule has 6 nitrogen and oxygen atoms in total. The molecule has 0 bridgehead atoms. The third-order valence-corrected chi connectivity index (χ3v) is 6.99. The summed E-state index contributed by atoms with van der Waals surface area (Å²) in [5.74, 6) is -0.389. The Balaban J connectivity index is 1.64. The lowest BCUT2D eigenvalue weighted by Crippen LogP contribution is -2.46. The number of rotatable bonds is 6. The van der Waals surface area contributed by atoms with E-state index in [4.69, 9.17) is 4.74 Å². The molecule has 0 aromatic carbocycles. The van der Waals surface area contributed by atoms with Crippen LogP contribution < -0.4 is 10.6 Å². The quantitative estimate of drug-likeness (QED) is 0.701. The topological polar surface area (TPSA) is 84.5 Å². The van der Waals surface area contributed by atoms with Gasteiger partial charge in [0.15, 0.2) is 6.10 Å². The first kappa shape index (κ1) is 20.8. The minimum Gasteiger partial charge on any atom is -0.449 e. The largest absolute Gasteiger partial charge is 0.449 e. The number of hydrogen-bond acceptors (Lipinski definition) is 5. The van der Waals surface area contributed by atoms with Crippen molar-refractivity contribution in [1.29, 1.82) is 0 Å². The molecule has 7 heteroatoms. The van der Waals surface area contributed by atoms with Crippen LogP contribution in [0.1, 0.15) is 73.2 Å². The van der Waals surface area contributed by atoms with Crippen molar-refractivity contribution in [3.8, 4) is 0 Å². The molecule has 3 unspecified atom stereocenters. The standard InChI is InChI=1S/C21H30N2O4S/c1-11-7-5-6-8-16(11)22-18(24)13(3)27-21(26)17-12(2)14(4)28-20(17)23-19(25)15-9-10-15/h11,13,15-16H,5-10H2,1-4H3,(H,22,24)(H,23,25). The highest BCUT2D eigenvalue weighted by atomic mass is 32.1. The maximum atomic E-state index is 12.8. The molecule has 3 rings (SSSR count). The summed E-state index contributed by atoms with van der Waals surface area (Å²) in [5.41, 5.74) is 1.15. The van der Waals surface area contributed by atoms with Crippen LogP contribution in [0.3, 0.4) is 0 Å². The Morgan fingerprint density at radius 1 is 1.11 bits per heavy atom. The van der Waals surface area contributed by atoms with Crippen molar-refractivity contribution in [2.45, 2.75) is 78.4 Å². The second-order valence-corrected chi connectivity index (χ2v) is 9.40. The zero-order valence-corrected chi connectivity index (χ0v) is 17.9. The number of carbonyl (C=O) groups excluding carboxylic acids is 3. The Hall–Kier alpha value is -1.89. The van der Waals surface area contributed by atoms with Gasteiger partial charge in [-0.1, -0.05) is 19.8 Å². The Morgan fingerprint density at radius 3 is 2.43 bits per heavy atom. The minimum atomic E-state index is -0.881. The van der Waals surface area contributed by atoms with Gasteiger partial charge in [0.1, 0.15) is 5.00 Å². The van der Waals surface area contributed by atoms with E-state index in [9.17, 15) is 14.4 Å². The van der Waals surface area contributed by atoms with Gasteiger partial charge in [-0.05, 0) is 57.9 Å². The predicted molar refractivity (Wildman–Crippen MR) is 110 cm³/mol. The van der Waals surface area contributed by atoms with Crippen LogP contribution in [0.2, 0.25) is 0 Å². The molecule has 1 heterocycles. The molecule has 0 aliphatic heterocycles. The molecular formula is C21H30N2O4S. The van der Waals surface area contributed by atoms with E-state index in [-0.39, 0.29) is 23.8 Å². The van der Waals surface area contributed by atoms with E-state index < -0.39 is 12.1 Å². The third kappa shape index (κ3) is 4.74. The van der Waals surface area contributed by atoms with Crippen molar-refractivity contribution in [2.24, 2.45) is 11.8 Å². The number of ether oxygens (including phenoxy) is 1. The molecule has 1 aromatic heterocycles. The highest BCUT2D eigenvalue weighted by Crippen LogP contribution is 2.36. The third-order valence-electron chi connectivity index (χ3n) is 5.87. The first-order chi connectivity index (χ1) is 13.3. The maximum Gasteiger partial charge on any atom is 0.342 e. The molecule has 0 radical (unpaired) electrons. The van der Waals surface area contributed by atoms with E-state index in [1.165, 1.54) is 17.8 Å². The number of esters is 1. The lowest BCUT2D eigenvalue weighted by Gasteiger charge is -2.30. The van der Waals surface area contributed by atoms with Gasteiger partial charge < -0.3 is 15.4 Å². The minimum absolute atomic E-state index is 0.0487. The number of aryl methyl sites for hydroxylation is 1. The van der Waals surface area contributed by atoms with E-state index in [0.29, 0.717) is 16.5 Å². The van der Waals surface area contributed by atoms with Gasteiger partial charge in [-0.2, -0.15) is 0 Å². The molecule has 2 amide bonds. The number of amides is 2. The van der Waals surface area contributed by atoms with Crippen LogP contribution >= 0.6 is 11.3 Å². The molecular weight excluding hydrogens is 376 g/mol. The number of carbonyl (C=O) groups is 3. The fourth-order valence-corrected chi connectivity index (χ4v) is 4.68. The van der Waals surface area contributed by atoms with Gasteiger partial charge in [-0.15, -0.1) is 11.3 Å². The molecule has 2 fully saturated rings. The van der Waals surface area contributed by atoms with E-state index in [0.717, 1.165) is 42.5 Å². The van der Waals surface area contributed by atoms with Crippen LogP contribution in [0.25, 0.3) is 0 Å². The van der Waals surface area contributed by atoms with E-state index in [1.54, 1.807) is 6.92 Å². The fourth-order valence-electron chi connectivity index (χ4n) is 3.62. The van der Waals surface area contributed by atoms with Gasteiger partial charge in [0, 0.05) is 16.8 Å². The Bertz CT molecular complexity index is 769. The van der Waals surface area contributed by atoms with Crippen LogP contribution in [0.15, 0.2) is 0 Å². The average molecular weight is 407 g/mol. The SMILES string of the molecule is Cc1sc(NC(=O)C2CC2)c(C(=O)OC(C)C(=O)NC2CCCCC2C)c1C. The van der Waals surface area contributed by atoms with Gasteiger partial charge >= 0.3 is 5.97 Å². The van der Waals surface area contributed by atoms with Crippen molar-refractivity contribution in [1.82, 2.24) is 5.32 Å². The Labute approximate surface area is 170 Å². The summed E-state index contributed by atoms with van der Waals surface area (Å²) in [6.07, 6.45) is 5.29. The zero-order valence-electron chi connectivity index (χ0n) is 17.1. The lowest BCUT2D eigenvalue weighted by molar-refractivity contribution is -0.130. The summed E-state index contributed by atoms with van der Waals surface area (Å²) in [4.78, 5) is 38.4. The number of thiophene rings is 1.